The highest BCUT2D eigenvalue weighted by Gasteiger charge is 2.75. The van der Waals surface area contributed by atoms with Gasteiger partial charge in [-0.25, -0.2) is 8.42 Å². The summed E-state index contributed by atoms with van der Waals surface area (Å²) in [6.07, 6.45) is 1.10. The molecule has 2 aliphatic heterocycles. The van der Waals surface area contributed by atoms with Gasteiger partial charge >= 0.3 is 0 Å². The molecule has 1 unspecified atom stereocenters. The van der Waals surface area contributed by atoms with E-state index in [0.717, 1.165) is 17.2 Å². The molecule has 2 aromatic carbocycles. The smallest absolute Gasteiger partial charge is 0.207 e. The van der Waals surface area contributed by atoms with Gasteiger partial charge in [-0.05, 0) is 29.3 Å². The van der Waals surface area contributed by atoms with Crippen molar-refractivity contribution in [3.05, 3.63) is 42.5 Å². The second-order valence-corrected chi connectivity index (χ2v) is 8.94. The second-order valence-electron chi connectivity index (χ2n) is 7.10. The highest BCUT2D eigenvalue weighted by Crippen LogP contribution is 2.63. The summed E-state index contributed by atoms with van der Waals surface area (Å²) in [5, 5.41) is 10.5. The second kappa shape index (κ2) is 3.82. The topological polar surface area (TPSA) is 61.9 Å². The normalized spacial score (nSPS) is 42.3. The Bertz CT molecular complexity index is 962. The minimum Gasteiger partial charge on any atom is -0.207 e. The van der Waals surface area contributed by atoms with Gasteiger partial charge in [-0.3, -0.25) is 0 Å². The van der Waals surface area contributed by atoms with E-state index >= 15 is 0 Å². The van der Waals surface area contributed by atoms with Crippen LogP contribution in [0.5, 0.6) is 0 Å². The van der Waals surface area contributed by atoms with Crippen molar-refractivity contribution < 1.29 is 8.42 Å². The Labute approximate surface area is 134 Å². The van der Waals surface area contributed by atoms with Crippen LogP contribution in [0.4, 0.5) is 0 Å². The van der Waals surface area contributed by atoms with Crippen LogP contribution >= 0.6 is 0 Å². The lowest BCUT2D eigenvalue weighted by atomic mass is 9.90. The molecule has 116 valence electrons. The average molecular weight is 325 g/mol. The average Bonchev–Trinajstić information content (AvgIpc) is 3.12. The number of hydrogen-bond donors (Lipinski definition) is 0. The highest BCUT2D eigenvalue weighted by atomic mass is 32.2. The van der Waals surface area contributed by atoms with E-state index in [1.54, 1.807) is 16.4 Å². The Morgan fingerprint density at radius 2 is 1.57 bits per heavy atom. The predicted octanol–water partition coefficient (Wildman–Crippen LogP) is 2.43. The Morgan fingerprint density at radius 1 is 0.913 bits per heavy atom. The summed E-state index contributed by atoms with van der Waals surface area (Å²) in [5.41, 5.74) is 0. The Hall–Kier alpha value is -1.79. The summed E-state index contributed by atoms with van der Waals surface area (Å²) in [6, 6.07) is 14.2. The summed E-state index contributed by atoms with van der Waals surface area (Å²) in [4.78, 5) is 0.409. The molecular formula is C17H15N3O2S. The molecule has 0 radical (unpaired) electrons. The molecule has 2 aliphatic carbocycles. The summed E-state index contributed by atoms with van der Waals surface area (Å²) in [5.74, 6) is 0.783. The van der Waals surface area contributed by atoms with E-state index in [0.29, 0.717) is 16.7 Å². The molecule has 7 atom stereocenters. The number of hydrogen-bond acceptors (Lipinski definition) is 4. The largest absolute Gasteiger partial charge is 0.243 e. The summed E-state index contributed by atoms with van der Waals surface area (Å²) < 4.78 is 27.9. The lowest BCUT2D eigenvalue weighted by molar-refractivity contribution is 0.315. The third-order valence-electron chi connectivity index (χ3n) is 6.13. The monoisotopic (exact) mass is 325 g/mol. The van der Waals surface area contributed by atoms with E-state index < -0.39 is 10.0 Å². The van der Waals surface area contributed by atoms with Gasteiger partial charge < -0.3 is 0 Å². The van der Waals surface area contributed by atoms with Gasteiger partial charge in [0.1, 0.15) is 0 Å². The first-order valence-electron chi connectivity index (χ1n) is 8.08. The first kappa shape index (κ1) is 12.6. The van der Waals surface area contributed by atoms with Crippen LogP contribution in [0.2, 0.25) is 0 Å². The zero-order valence-electron chi connectivity index (χ0n) is 12.3. The van der Waals surface area contributed by atoms with Crippen molar-refractivity contribution in [2.24, 2.45) is 22.1 Å². The maximum atomic E-state index is 13.1. The van der Waals surface area contributed by atoms with E-state index in [4.69, 9.17) is 0 Å². The zero-order valence-corrected chi connectivity index (χ0v) is 13.1. The molecule has 6 heteroatoms. The molecule has 0 aromatic heterocycles. The summed E-state index contributed by atoms with van der Waals surface area (Å²) in [7, 11) is -3.41. The number of rotatable bonds is 2. The molecule has 5 nitrogen and oxygen atoms in total. The fourth-order valence-corrected chi connectivity index (χ4v) is 6.98. The van der Waals surface area contributed by atoms with Crippen molar-refractivity contribution in [3.63, 3.8) is 0 Å². The van der Waals surface area contributed by atoms with Crippen LogP contribution in [0, 0.1) is 11.8 Å². The molecule has 2 aromatic rings. The van der Waals surface area contributed by atoms with Gasteiger partial charge in [0, 0.05) is 23.9 Å². The zero-order chi connectivity index (χ0) is 15.3. The van der Waals surface area contributed by atoms with Gasteiger partial charge in [-0.1, -0.05) is 30.3 Å². The predicted molar refractivity (Wildman–Crippen MR) is 84.6 cm³/mol. The van der Waals surface area contributed by atoms with Crippen LogP contribution in [0.3, 0.4) is 0 Å². The fourth-order valence-electron chi connectivity index (χ4n) is 5.08. The van der Waals surface area contributed by atoms with Crippen LogP contribution in [-0.2, 0) is 10.0 Å². The summed E-state index contributed by atoms with van der Waals surface area (Å²) >= 11 is 0. The van der Waals surface area contributed by atoms with E-state index in [9.17, 15) is 8.42 Å². The summed E-state index contributed by atoms with van der Waals surface area (Å²) in [6.45, 7) is 0. The van der Waals surface area contributed by atoms with Crippen LogP contribution in [0.15, 0.2) is 57.6 Å². The van der Waals surface area contributed by atoms with Crippen molar-refractivity contribution in [3.8, 4) is 0 Å². The molecule has 0 spiro atoms. The van der Waals surface area contributed by atoms with Crippen molar-refractivity contribution in [2.45, 2.75) is 35.5 Å². The van der Waals surface area contributed by atoms with Crippen molar-refractivity contribution in [1.29, 1.82) is 0 Å². The van der Waals surface area contributed by atoms with Gasteiger partial charge in [-0.15, -0.1) is 0 Å². The quantitative estimate of drug-likeness (QED) is 0.796. The van der Waals surface area contributed by atoms with Gasteiger partial charge in [0.2, 0.25) is 10.0 Å². The maximum absolute atomic E-state index is 13.1. The number of nitrogens with zero attached hydrogens (tertiary/aromatic N) is 3. The minimum atomic E-state index is -3.41. The van der Waals surface area contributed by atoms with Crippen LogP contribution < -0.4 is 0 Å². The third-order valence-corrected chi connectivity index (χ3v) is 8.02. The molecule has 0 N–H and O–H groups in total. The van der Waals surface area contributed by atoms with E-state index in [1.165, 1.54) is 0 Å². The lowest BCUT2D eigenvalue weighted by Gasteiger charge is -2.28. The van der Waals surface area contributed by atoms with Crippen molar-refractivity contribution in [2.75, 3.05) is 0 Å². The number of piperidine rings is 1. The molecular weight excluding hydrogens is 310 g/mol. The molecule has 3 fully saturated rings. The lowest BCUT2D eigenvalue weighted by Crippen LogP contribution is -2.39. The molecule has 23 heavy (non-hydrogen) atoms. The fraction of sp³-hybridized carbons (Fsp3) is 0.412. The van der Waals surface area contributed by atoms with Crippen molar-refractivity contribution in [1.82, 2.24) is 4.31 Å². The van der Waals surface area contributed by atoms with Crippen LogP contribution in [-0.4, -0.2) is 36.9 Å². The van der Waals surface area contributed by atoms with Gasteiger partial charge in [0.25, 0.3) is 0 Å². The first-order valence-corrected chi connectivity index (χ1v) is 9.52. The molecule has 4 aliphatic rings. The first-order chi connectivity index (χ1) is 11.2. The van der Waals surface area contributed by atoms with Gasteiger partial charge in [0.15, 0.2) is 0 Å². The highest BCUT2D eigenvalue weighted by molar-refractivity contribution is 7.89. The SMILES string of the molecule is O=S(=O)(c1ccc2ccccc2c1)N1[C@@H]2[C@@H]3C[C@@H]([C@H]4N=N[C@@H]34)[C@@H]21. The molecule has 2 heterocycles. The third kappa shape index (κ3) is 1.40. The van der Waals surface area contributed by atoms with E-state index in [2.05, 4.69) is 10.2 Å². The van der Waals surface area contributed by atoms with E-state index in [1.807, 2.05) is 30.3 Å². The minimum absolute atomic E-state index is 0.164. The number of azo groups is 1. The number of benzene rings is 2. The number of fused-ring (bicyclic) bond motifs is 9. The standard InChI is InChI=1S/C17H15N3O2S/c21-23(22,11-6-5-9-3-1-2-4-10(9)7-11)20-16-12-8-13(17(16)20)15-14(12)18-19-15/h1-7,12-17H,8H2/t12-,13+,14+,15-,16-,17+,20?. The van der Waals surface area contributed by atoms with Crippen molar-refractivity contribution >= 4 is 20.8 Å². The van der Waals surface area contributed by atoms with E-state index in [-0.39, 0.29) is 24.2 Å². The molecule has 2 bridgehead atoms. The Balaban J connectivity index is 1.40. The Morgan fingerprint density at radius 3 is 2.22 bits per heavy atom. The molecule has 0 amide bonds. The van der Waals surface area contributed by atoms with Gasteiger partial charge in [0.05, 0.1) is 17.0 Å². The molecule has 2 saturated carbocycles. The van der Waals surface area contributed by atoms with Crippen LogP contribution in [0.25, 0.3) is 10.8 Å². The van der Waals surface area contributed by atoms with Crippen LogP contribution in [0.1, 0.15) is 6.42 Å². The van der Waals surface area contributed by atoms with Gasteiger partial charge in [-0.2, -0.15) is 14.5 Å². The Kier molecular flexibility index (Phi) is 2.09. The molecule has 6 rings (SSSR count). The maximum Gasteiger partial charge on any atom is 0.243 e. The number of sulfonamides is 1. The molecule has 1 saturated heterocycles.